The molecule has 0 bridgehead atoms. The van der Waals surface area contributed by atoms with Gasteiger partial charge in [0.1, 0.15) is 5.54 Å². The number of aliphatic carboxylic acids is 1. The number of ketones is 1. The standard InChI is InChI=1S/C11H19N3O4/c1-5(12)9(16)14-6(2)8(15)7-3-4-11(7,13)10(17)18/h5-7H,3-4,12-13H2,1-2H3,(H,14,16)(H,17,18)/t5-,6-,7?,11?/m0/s1. The summed E-state index contributed by atoms with van der Waals surface area (Å²) >= 11 is 0. The summed E-state index contributed by atoms with van der Waals surface area (Å²) in [6.45, 7) is 3.00. The van der Waals surface area contributed by atoms with Crippen LogP contribution in [-0.2, 0) is 14.4 Å². The fourth-order valence-corrected chi connectivity index (χ4v) is 1.97. The van der Waals surface area contributed by atoms with Gasteiger partial charge < -0.3 is 21.9 Å². The van der Waals surface area contributed by atoms with Gasteiger partial charge in [0, 0.05) is 5.92 Å². The molecule has 0 heterocycles. The third-order valence-electron chi connectivity index (χ3n) is 3.41. The van der Waals surface area contributed by atoms with E-state index in [2.05, 4.69) is 5.32 Å². The first-order chi connectivity index (χ1) is 8.20. The normalized spacial score (nSPS) is 29.9. The van der Waals surface area contributed by atoms with E-state index in [9.17, 15) is 14.4 Å². The van der Waals surface area contributed by atoms with Crippen molar-refractivity contribution in [3.8, 4) is 0 Å². The predicted molar refractivity (Wildman–Crippen MR) is 63.5 cm³/mol. The van der Waals surface area contributed by atoms with Crippen molar-refractivity contribution in [2.75, 3.05) is 0 Å². The molecule has 0 saturated heterocycles. The fourth-order valence-electron chi connectivity index (χ4n) is 1.97. The van der Waals surface area contributed by atoms with Crippen LogP contribution in [-0.4, -0.2) is 40.4 Å². The minimum absolute atomic E-state index is 0.271. The molecular formula is C11H19N3O4. The Bertz CT molecular complexity index is 382. The van der Waals surface area contributed by atoms with Gasteiger partial charge in [-0.25, -0.2) is 0 Å². The number of hydrogen-bond acceptors (Lipinski definition) is 5. The molecule has 1 saturated carbocycles. The molecule has 0 spiro atoms. The molecule has 0 radical (unpaired) electrons. The second-order valence-electron chi connectivity index (χ2n) is 4.86. The van der Waals surface area contributed by atoms with Crippen LogP contribution in [0.1, 0.15) is 26.7 Å². The first kappa shape index (κ1) is 14.6. The zero-order chi connectivity index (χ0) is 14.1. The number of carbonyl (C=O) groups excluding carboxylic acids is 2. The van der Waals surface area contributed by atoms with Crippen molar-refractivity contribution in [1.29, 1.82) is 0 Å². The number of rotatable bonds is 5. The van der Waals surface area contributed by atoms with E-state index in [0.717, 1.165) is 0 Å². The first-order valence-corrected chi connectivity index (χ1v) is 5.82. The lowest BCUT2D eigenvalue weighted by Gasteiger charge is -2.42. The molecule has 1 amide bonds. The molecule has 0 aromatic carbocycles. The van der Waals surface area contributed by atoms with Gasteiger partial charge >= 0.3 is 5.97 Å². The lowest BCUT2D eigenvalue weighted by molar-refractivity contribution is -0.155. The van der Waals surface area contributed by atoms with E-state index in [-0.39, 0.29) is 12.2 Å². The largest absolute Gasteiger partial charge is 0.480 e. The molecule has 1 rings (SSSR count). The van der Waals surface area contributed by atoms with Crippen LogP contribution in [0.3, 0.4) is 0 Å². The Morgan fingerprint density at radius 2 is 1.94 bits per heavy atom. The second kappa shape index (κ2) is 5.03. The molecule has 18 heavy (non-hydrogen) atoms. The number of nitrogens with one attached hydrogen (secondary N) is 1. The van der Waals surface area contributed by atoms with Crippen molar-refractivity contribution in [2.24, 2.45) is 17.4 Å². The van der Waals surface area contributed by atoms with E-state index < -0.39 is 35.4 Å². The van der Waals surface area contributed by atoms with Crippen molar-refractivity contribution in [2.45, 2.75) is 44.3 Å². The van der Waals surface area contributed by atoms with Gasteiger partial charge in [0.15, 0.2) is 5.78 Å². The smallest absolute Gasteiger partial charge is 0.324 e. The summed E-state index contributed by atoms with van der Waals surface area (Å²) in [7, 11) is 0. The maximum Gasteiger partial charge on any atom is 0.324 e. The topological polar surface area (TPSA) is 136 Å². The van der Waals surface area contributed by atoms with Gasteiger partial charge in [-0.3, -0.25) is 14.4 Å². The van der Waals surface area contributed by atoms with E-state index in [1.807, 2.05) is 0 Å². The van der Waals surface area contributed by atoms with Crippen LogP contribution in [0, 0.1) is 5.92 Å². The molecule has 0 aliphatic heterocycles. The highest BCUT2D eigenvalue weighted by Gasteiger charge is 2.54. The number of nitrogens with two attached hydrogens (primary N) is 2. The van der Waals surface area contributed by atoms with Crippen LogP contribution in [0.5, 0.6) is 0 Å². The monoisotopic (exact) mass is 257 g/mol. The van der Waals surface area contributed by atoms with E-state index >= 15 is 0 Å². The fraction of sp³-hybridized carbons (Fsp3) is 0.727. The van der Waals surface area contributed by atoms with E-state index in [1.165, 1.54) is 13.8 Å². The first-order valence-electron chi connectivity index (χ1n) is 5.82. The summed E-state index contributed by atoms with van der Waals surface area (Å²) in [6.07, 6.45) is 0.701. The number of carbonyl (C=O) groups is 3. The molecular weight excluding hydrogens is 238 g/mol. The van der Waals surface area contributed by atoms with Crippen molar-refractivity contribution in [3.05, 3.63) is 0 Å². The molecule has 7 nitrogen and oxygen atoms in total. The van der Waals surface area contributed by atoms with E-state index in [4.69, 9.17) is 16.6 Å². The molecule has 1 aliphatic carbocycles. The van der Waals surface area contributed by atoms with Crippen LogP contribution in [0.2, 0.25) is 0 Å². The van der Waals surface area contributed by atoms with Crippen LogP contribution < -0.4 is 16.8 Å². The lowest BCUT2D eigenvalue weighted by atomic mass is 9.64. The third-order valence-corrected chi connectivity index (χ3v) is 3.41. The minimum Gasteiger partial charge on any atom is -0.480 e. The number of carboxylic acid groups (broad SMARTS) is 1. The van der Waals surface area contributed by atoms with E-state index in [1.54, 1.807) is 0 Å². The average molecular weight is 257 g/mol. The zero-order valence-electron chi connectivity index (χ0n) is 10.5. The van der Waals surface area contributed by atoms with Gasteiger partial charge in [-0.1, -0.05) is 0 Å². The summed E-state index contributed by atoms with van der Waals surface area (Å²) < 4.78 is 0. The summed E-state index contributed by atoms with van der Waals surface area (Å²) in [5.41, 5.74) is 9.53. The average Bonchev–Trinajstić information content (AvgIpc) is 2.25. The maximum absolute atomic E-state index is 12.0. The Balaban J connectivity index is 2.66. The number of Topliss-reactive ketones (excluding diaryl/α,β-unsaturated/α-hetero) is 1. The van der Waals surface area contributed by atoms with Crippen LogP contribution >= 0.6 is 0 Å². The van der Waals surface area contributed by atoms with E-state index in [0.29, 0.717) is 6.42 Å². The van der Waals surface area contributed by atoms with Crippen molar-refractivity contribution in [1.82, 2.24) is 5.32 Å². The van der Waals surface area contributed by atoms with Gasteiger partial charge in [0.2, 0.25) is 5.91 Å². The van der Waals surface area contributed by atoms with Crippen LogP contribution in [0.15, 0.2) is 0 Å². The number of carboxylic acids is 1. The molecule has 0 aromatic rings. The van der Waals surface area contributed by atoms with Gasteiger partial charge in [-0.2, -0.15) is 0 Å². The summed E-state index contributed by atoms with van der Waals surface area (Å²) in [5, 5.41) is 11.4. The molecule has 1 fully saturated rings. The molecule has 2 unspecified atom stereocenters. The summed E-state index contributed by atoms with van der Waals surface area (Å²) in [6, 6.07) is -1.50. The molecule has 1 aliphatic rings. The van der Waals surface area contributed by atoms with Gasteiger partial charge in [-0.15, -0.1) is 0 Å². The highest BCUT2D eigenvalue weighted by molar-refractivity contribution is 5.97. The Labute approximate surface area is 105 Å². The highest BCUT2D eigenvalue weighted by Crippen LogP contribution is 2.38. The van der Waals surface area contributed by atoms with Crippen molar-refractivity contribution < 1.29 is 19.5 Å². The van der Waals surface area contributed by atoms with Crippen LogP contribution in [0.4, 0.5) is 0 Å². The van der Waals surface area contributed by atoms with Gasteiger partial charge in [0.25, 0.3) is 0 Å². The molecule has 102 valence electrons. The predicted octanol–water partition coefficient (Wildman–Crippen LogP) is -1.40. The minimum atomic E-state index is -1.50. The van der Waals surface area contributed by atoms with Gasteiger partial charge in [-0.05, 0) is 26.7 Å². The third kappa shape index (κ3) is 2.51. The highest BCUT2D eigenvalue weighted by atomic mass is 16.4. The van der Waals surface area contributed by atoms with Crippen molar-refractivity contribution >= 4 is 17.7 Å². The Hall–Kier alpha value is -1.47. The second-order valence-corrected chi connectivity index (χ2v) is 4.86. The number of amides is 1. The summed E-state index contributed by atoms with van der Waals surface area (Å²) in [5.74, 6) is -2.75. The number of hydrogen-bond donors (Lipinski definition) is 4. The Kier molecular flexibility index (Phi) is 4.08. The molecule has 7 heteroatoms. The lowest BCUT2D eigenvalue weighted by Crippen LogP contribution is -2.65. The maximum atomic E-state index is 12.0. The molecule has 4 atom stereocenters. The van der Waals surface area contributed by atoms with Crippen molar-refractivity contribution in [3.63, 3.8) is 0 Å². The quantitative estimate of drug-likeness (QED) is 0.478. The molecule has 6 N–H and O–H groups in total. The summed E-state index contributed by atoms with van der Waals surface area (Å²) in [4.78, 5) is 34.3. The Morgan fingerprint density at radius 1 is 1.39 bits per heavy atom. The molecule has 0 aromatic heterocycles. The SMILES string of the molecule is C[C@H](N)C(=O)N[C@@H](C)C(=O)C1CCC1(N)C(=O)O. The van der Waals surface area contributed by atoms with Crippen LogP contribution in [0.25, 0.3) is 0 Å². The Morgan fingerprint density at radius 3 is 2.28 bits per heavy atom. The van der Waals surface area contributed by atoms with Gasteiger partial charge in [0.05, 0.1) is 12.1 Å². The zero-order valence-corrected chi connectivity index (χ0v) is 10.5.